The Balaban J connectivity index is 0.000000254. The summed E-state index contributed by atoms with van der Waals surface area (Å²) < 4.78 is 27.4. The summed E-state index contributed by atoms with van der Waals surface area (Å²) >= 11 is 0. The van der Waals surface area contributed by atoms with Gasteiger partial charge < -0.3 is 60.7 Å². The monoisotopic (exact) mass is 921 g/mol. The van der Waals surface area contributed by atoms with E-state index < -0.39 is 24.3 Å². The second kappa shape index (κ2) is 28.0. The molecule has 0 radical (unpaired) electrons. The zero-order valence-electron chi connectivity index (χ0n) is 38.8. The molecule has 4 aromatic rings. The van der Waals surface area contributed by atoms with Crippen LogP contribution in [0.25, 0.3) is 0 Å². The third kappa shape index (κ3) is 14.9. The van der Waals surface area contributed by atoms with Gasteiger partial charge in [0.15, 0.2) is 40.4 Å². The Morgan fingerprint density at radius 2 is 1.02 bits per heavy atom. The smallest absolute Gasteiger partial charge is 1.00 e. The second-order valence-electron chi connectivity index (χ2n) is 16.8. The van der Waals surface area contributed by atoms with Crippen molar-refractivity contribution in [3.63, 3.8) is 0 Å². The minimum atomic E-state index is -1.10. The van der Waals surface area contributed by atoms with Crippen molar-refractivity contribution >= 4 is 23.3 Å². The first-order chi connectivity index (χ1) is 31.4. The summed E-state index contributed by atoms with van der Waals surface area (Å²) in [7, 11) is 0. The van der Waals surface area contributed by atoms with Crippen LogP contribution in [0.1, 0.15) is 86.5 Å². The number of nitrogens with one attached hydrogen (secondary N) is 2. The summed E-state index contributed by atoms with van der Waals surface area (Å²) in [6.07, 6.45) is 5.02. The van der Waals surface area contributed by atoms with Gasteiger partial charge in [-0.3, -0.25) is 10.1 Å². The molecule has 14 nitrogen and oxygen atoms in total. The zero-order chi connectivity index (χ0) is 44.5. The van der Waals surface area contributed by atoms with Crippen molar-refractivity contribution in [1.29, 1.82) is 0 Å². The minimum Gasteiger partial charge on any atom is -1.00 e. The Labute approximate surface area is 413 Å². The number of carbonyl (C=O) groups is 1. The van der Waals surface area contributed by atoms with E-state index in [4.69, 9.17) is 23.7 Å². The van der Waals surface area contributed by atoms with Crippen LogP contribution in [0.3, 0.4) is 0 Å². The van der Waals surface area contributed by atoms with Crippen LogP contribution in [0.15, 0.2) is 97.1 Å². The SMILES string of the molecule is C1CCOC1.O=C([C@@H](NC(CO)c1ccccc1)[C@H](O)c1ccc2c(c1)OCCO2)N1CCCC1.OCC(N[C@H](CN1CCCC1)[C@H](O)c1ccc2c(c1)OCCO2)c1ccccc1.[AlH3].[H-].[Li+]. The maximum absolute atomic E-state index is 13.3. The van der Waals surface area contributed by atoms with Gasteiger partial charge in [-0.1, -0.05) is 72.8 Å². The Kier molecular flexibility index (Phi) is 22.6. The number of benzene rings is 4. The first-order valence-electron chi connectivity index (χ1n) is 23.0. The van der Waals surface area contributed by atoms with Crippen molar-refractivity contribution in [3.05, 3.63) is 119 Å². The fraction of sp³-hybridized carbons (Fsp3) is 0.500. The number of ether oxygens (including phenoxy) is 5. The molecule has 6 atom stereocenters. The van der Waals surface area contributed by atoms with Gasteiger partial charge in [0.05, 0.1) is 37.4 Å². The number of aliphatic hydroxyl groups is 4. The summed E-state index contributed by atoms with van der Waals surface area (Å²) in [5, 5.41) is 49.2. The predicted molar refractivity (Wildman–Crippen MR) is 254 cm³/mol. The molecule has 66 heavy (non-hydrogen) atoms. The summed E-state index contributed by atoms with van der Waals surface area (Å²) in [4.78, 5) is 17.4. The van der Waals surface area contributed by atoms with Crippen LogP contribution in [0, 0.1) is 0 Å². The number of hydrogen-bond donors (Lipinski definition) is 6. The molecule has 9 rings (SSSR count). The molecule has 16 heteroatoms. The largest absolute Gasteiger partial charge is 1.00 e. The van der Waals surface area contributed by atoms with E-state index in [-0.39, 0.29) is 68.9 Å². The average molecular weight is 921 g/mol. The van der Waals surface area contributed by atoms with Crippen LogP contribution in [0.2, 0.25) is 0 Å². The molecule has 0 aromatic heterocycles. The van der Waals surface area contributed by atoms with Crippen LogP contribution in [-0.2, 0) is 9.53 Å². The summed E-state index contributed by atoms with van der Waals surface area (Å²) in [5.74, 6) is 2.42. The van der Waals surface area contributed by atoms with E-state index >= 15 is 0 Å². The van der Waals surface area contributed by atoms with Crippen molar-refractivity contribution in [2.24, 2.45) is 0 Å². The molecule has 2 unspecified atom stereocenters. The molecule has 5 aliphatic rings. The maximum Gasteiger partial charge on any atom is 1.00 e. The van der Waals surface area contributed by atoms with Crippen LogP contribution >= 0.6 is 0 Å². The van der Waals surface area contributed by atoms with Gasteiger partial charge in [-0.15, -0.1) is 0 Å². The van der Waals surface area contributed by atoms with Gasteiger partial charge in [0.25, 0.3) is 0 Å². The average Bonchev–Trinajstić information content (AvgIpc) is 4.21. The summed E-state index contributed by atoms with van der Waals surface area (Å²) in [6.45, 7) is 7.94. The van der Waals surface area contributed by atoms with Gasteiger partial charge in [-0.25, -0.2) is 0 Å². The van der Waals surface area contributed by atoms with Crippen molar-refractivity contribution < 1.29 is 69.2 Å². The Hall–Kier alpha value is -3.64. The van der Waals surface area contributed by atoms with E-state index in [1.54, 1.807) is 23.1 Å². The van der Waals surface area contributed by atoms with Crippen molar-refractivity contribution in [2.75, 3.05) is 85.6 Å². The molecule has 4 aromatic carbocycles. The second-order valence-corrected chi connectivity index (χ2v) is 16.8. The molecule has 5 aliphatic heterocycles. The molecule has 0 spiro atoms. The molecule has 0 aliphatic carbocycles. The number of amides is 1. The number of likely N-dealkylation sites (tertiary alicyclic amines) is 2. The van der Waals surface area contributed by atoms with E-state index in [0.717, 1.165) is 62.4 Å². The predicted octanol–water partition coefficient (Wildman–Crippen LogP) is 0.814. The third-order valence-corrected chi connectivity index (χ3v) is 12.2. The third-order valence-electron chi connectivity index (χ3n) is 12.2. The number of carbonyl (C=O) groups excluding carboxylic acids is 1. The Morgan fingerprint density at radius 1 is 0.561 bits per heavy atom. The summed E-state index contributed by atoms with van der Waals surface area (Å²) in [6, 6.07) is 28.3. The first-order valence-corrected chi connectivity index (χ1v) is 23.0. The quantitative estimate of drug-likeness (QED) is 0.0927. The molecule has 6 N–H and O–H groups in total. The number of nitrogens with zero attached hydrogens (tertiary/aromatic N) is 2. The Morgan fingerprint density at radius 3 is 1.48 bits per heavy atom. The van der Waals surface area contributed by atoms with E-state index in [0.29, 0.717) is 68.1 Å². The van der Waals surface area contributed by atoms with Crippen LogP contribution in [0.4, 0.5) is 0 Å². The molecule has 3 saturated heterocycles. The normalized spacial score (nSPS) is 18.9. The van der Waals surface area contributed by atoms with Gasteiger partial charge in [0.1, 0.15) is 38.6 Å². The zero-order valence-corrected chi connectivity index (χ0v) is 37.8. The van der Waals surface area contributed by atoms with Gasteiger partial charge in [-0.2, -0.15) is 0 Å². The molecule has 1 amide bonds. The number of hydrogen-bond acceptors (Lipinski definition) is 13. The number of fused-ring (bicyclic) bond motifs is 2. The van der Waals surface area contributed by atoms with Crippen LogP contribution < -0.4 is 48.4 Å². The van der Waals surface area contributed by atoms with Crippen LogP contribution in [-0.4, -0.2) is 151 Å². The molecule has 0 saturated carbocycles. The molecule has 0 bridgehead atoms. The molecule has 5 heterocycles. The van der Waals surface area contributed by atoms with Gasteiger partial charge in [0.2, 0.25) is 5.91 Å². The number of aliphatic hydroxyl groups excluding tert-OH is 4. The van der Waals surface area contributed by atoms with Crippen molar-refractivity contribution in [2.45, 2.75) is 74.9 Å². The van der Waals surface area contributed by atoms with Gasteiger partial charge in [-0.05, 0) is 98.1 Å². The molecule has 354 valence electrons. The molecular formula is C50H70AlLiN4O10. The standard InChI is InChI=1S/C23H28N2O5.C23H30N2O4.C4H8O.Al.Li.4H/c26-15-18(16-6-2-1-3-7-16)24-21(23(28)25-10-4-5-11-25)22(27)17-8-9-19-20(14-17)30-13-12-29-19;26-16-20(17-6-2-1-3-7-17)24-19(15-25-10-4-5-11-25)23(27)18-8-9-21-22(14-18)29-13-12-28-21;1-2-4-5-3-1;;;;;;/h1-3,6-9,14,18,21-22,24,26-27H,4-5,10-13,15H2;1-3,6-9,14,19-20,23-24,26-27H,4-5,10-13,15-16H2;1-4H2;;;;;;/q;;;;+1;;;;-1/t18?,21-,22+;19-,20?,23-;;;;;;;/m01......./s1. The number of rotatable bonds is 15. The fourth-order valence-electron chi connectivity index (χ4n) is 8.70. The van der Waals surface area contributed by atoms with E-state index in [1.807, 2.05) is 78.9 Å². The maximum atomic E-state index is 13.3. The van der Waals surface area contributed by atoms with E-state index in [1.165, 1.54) is 25.7 Å². The van der Waals surface area contributed by atoms with Gasteiger partial charge in [0, 0.05) is 32.8 Å². The first kappa shape index (κ1) is 53.3. The minimum absolute atomic E-state index is 0. The fourth-order valence-corrected chi connectivity index (χ4v) is 8.70. The van der Waals surface area contributed by atoms with Crippen molar-refractivity contribution in [3.8, 4) is 23.0 Å². The topological polar surface area (TPSA) is 175 Å². The van der Waals surface area contributed by atoms with Gasteiger partial charge >= 0.3 is 18.9 Å². The van der Waals surface area contributed by atoms with Crippen LogP contribution in [0.5, 0.6) is 23.0 Å². The molecular weight excluding hydrogens is 850 g/mol. The van der Waals surface area contributed by atoms with E-state index in [2.05, 4.69) is 15.5 Å². The summed E-state index contributed by atoms with van der Waals surface area (Å²) in [5.41, 5.74) is 3.22. The Bertz CT molecular complexity index is 2010. The molecule has 3 fully saturated rings. The van der Waals surface area contributed by atoms with Crippen molar-refractivity contribution in [1.82, 2.24) is 20.4 Å². The van der Waals surface area contributed by atoms with E-state index in [9.17, 15) is 25.2 Å².